The van der Waals surface area contributed by atoms with Crippen LogP contribution in [0.4, 0.5) is 17.6 Å². The van der Waals surface area contributed by atoms with Crippen molar-refractivity contribution < 1.29 is 32.1 Å². The highest BCUT2D eigenvalue weighted by atomic mass is 19.3. The Labute approximate surface area is 152 Å². The second-order valence-corrected chi connectivity index (χ2v) is 7.00. The van der Waals surface area contributed by atoms with E-state index in [0.717, 1.165) is 24.8 Å². The smallest absolute Gasteiger partial charge is 0.416 e. The monoisotopic (exact) mass is 380 g/mol. The maximum atomic E-state index is 12.6. The van der Waals surface area contributed by atoms with Gasteiger partial charge in [-0.15, -0.1) is 0 Å². The largest absolute Gasteiger partial charge is 0.491 e. The molecule has 0 amide bonds. The fourth-order valence-corrected chi connectivity index (χ4v) is 2.47. The van der Waals surface area contributed by atoms with Gasteiger partial charge in [0.05, 0.1) is 6.61 Å². The molecule has 0 saturated heterocycles. The van der Waals surface area contributed by atoms with Gasteiger partial charge >= 0.3 is 12.5 Å². The normalized spacial score (nSPS) is 13.9. The third kappa shape index (κ3) is 7.50. The quantitative estimate of drug-likeness (QED) is 0.402. The Morgan fingerprint density at radius 3 is 2.19 bits per heavy atom. The van der Waals surface area contributed by atoms with Gasteiger partial charge in [0.2, 0.25) is 0 Å². The summed E-state index contributed by atoms with van der Waals surface area (Å²) in [5, 5.41) is 9.53. The Morgan fingerprint density at radius 2 is 1.65 bits per heavy atom. The summed E-state index contributed by atoms with van der Waals surface area (Å²) in [6, 6.07) is 7.32. The zero-order valence-corrected chi connectivity index (χ0v) is 15.5. The lowest BCUT2D eigenvalue weighted by Crippen LogP contribution is -2.35. The van der Waals surface area contributed by atoms with Gasteiger partial charge in [0.25, 0.3) is 0 Å². The predicted octanol–water partition coefficient (Wildman–Crippen LogP) is 5.16. The van der Waals surface area contributed by atoms with Gasteiger partial charge in [0.15, 0.2) is 0 Å². The number of aliphatic hydroxyl groups excluding tert-OH is 1. The highest BCUT2D eigenvalue weighted by Crippen LogP contribution is 2.30. The van der Waals surface area contributed by atoms with Crippen molar-refractivity contribution in [3.05, 3.63) is 29.8 Å². The SMILES string of the molecule is CCCCCC(C)(C)c1ccc(OCC(O)COC(F)(F)C(F)F)cc1. The van der Waals surface area contributed by atoms with E-state index < -0.39 is 25.2 Å². The van der Waals surface area contributed by atoms with Gasteiger partial charge in [-0.25, -0.2) is 8.78 Å². The Bertz CT molecular complexity index is 518. The van der Waals surface area contributed by atoms with Crippen LogP contribution in [0.15, 0.2) is 24.3 Å². The minimum absolute atomic E-state index is 0.0297. The fourth-order valence-electron chi connectivity index (χ4n) is 2.47. The first kappa shape index (κ1) is 22.7. The maximum absolute atomic E-state index is 12.6. The molecule has 1 N–H and O–H groups in total. The molecular weight excluding hydrogens is 352 g/mol. The summed E-state index contributed by atoms with van der Waals surface area (Å²) in [7, 11) is 0. The Kier molecular flexibility index (Phi) is 8.83. The molecule has 1 atom stereocenters. The molecule has 150 valence electrons. The standard InChI is InChI=1S/C19H28F4O3/c1-4-5-6-11-18(2,3)14-7-9-16(10-8-14)25-12-15(24)13-26-19(22,23)17(20)21/h7-10,15,17,24H,4-6,11-13H2,1-3H3. The molecule has 0 aromatic heterocycles. The Balaban J connectivity index is 2.47. The number of aliphatic hydroxyl groups is 1. The van der Waals surface area contributed by atoms with Crippen LogP contribution in [0.1, 0.15) is 52.0 Å². The first-order valence-corrected chi connectivity index (χ1v) is 8.80. The summed E-state index contributed by atoms with van der Waals surface area (Å²) in [4.78, 5) is 0. The molecule has 1 rings (SSSR count). The zero-order valence-electron chi connectivity index (χ0n) is 15.5. The molecule has 0 radical (unpaired) electrons. The molecule has 0 spiro atoms. The zero-order chi connectivity index (χ0) is 19.8. The van der Waals surface area contributed by atoms with Gasteiger partial charge in [0, 0.05) is 0 Å². The van der Waals surface area contributed by atoms with Crippen LogP contribution in [-0.4, -0.2) is 37.0 Å². The fraction of sp³-hybridized carbons (Fsp3) is 0.684. The highest BCUT2D eigenvalue weighted by molar-refractivity contribution is 5.31. The topological polar surface area (TPSA) is 38.7 Å². The van der Waals surface area contributed by atoms with E-state index in [-0.39, 0.29) is 12.0 Å². The van der Waals surface area contributed by atoms with E-state index >= 15 is 0 Å². The van der Waals surface area contributed by atoms with Gasteiger partial charge in [0.1, 0.15) is 18.5 Å². The van der Waals surface area contributed by atoms with Crippen LogP contribution < -0.4 is 4.74 Å². The average molecular weight is 380 g/mol. The number of alkyl halides is 4. The molecular formula is C19H28F4O3. The lowest BCUT2D eigenvalue weighted by atomic mass is 9.80. The minimum Gasteiger partial charge on any atom is -0.491 e. The molecule has 0 aliphatic carbocycles. The van der Waals surface area contributed by atoms with Crippen LogP contribution in [0.25, 0.3) is 0 Å². The second-order valence-electron chi connectivity index (χ2n) is 7.00. The van der Waals surface area contributed by atoms with Crippen LogP contribution in [0.3, 0.4) is 0 Å². The van der Waals surface area contributed by atoms with Crippen LogP contribution >= 0.6 is 0 Å². The van der Waals surface area contributed by atoms with Crippen LogP contribution in [0, 0.1) is 0 Å². The maximum Gasteiger partial charge on any atom is 0.416 e. The minimum atomic E-state index is -4.58. The molecule has 0 aliphatic heterocycles. The van der Waals surface area contributed by atoms with Crippen molar-refractivity contribution in [3.8, 4) is 5.75 Å². The van der Waals surface area contributed by atoms with Crippen LogP contribution in [0.5, 0.6) is 5.75 Å². The van der Waals surface area contributed by atoms with E-state index in [1.165, 1.54) is 6.42 Å². The second kappa shape index (κ2) is 10.1. The number of benzene rings is 1. The first-order valence-electron chi connectivity index (χ1n) is 8.80. The van der Waals surface area contributed by atoms with Gasteiger partial charge in [-0.05, 0) is 29.5 Å². The van der Waals surface area contributed by atoms with E-state index in [9.17, 15) is 22.7 Å². The number of halogens is 4. The lowest BCUT2D eigenvalue weighted by Gasteiger charge is -2.25. The number of rotatable bonds is 12. The number of hydrogen-bond acceptors (Lipinski definition) is 3. The van der Waals surface area contributed by atoms with E-state index in [1.807, 2.05) is 12.1 Å². The van der Waals surface area contributed by atoms with Crippen molar-refractivity contribution in [2.75, 3.05) is 13.2 Å². The van der Waals surface area contributed by atoms with E-state index in [4.69, 9.17) is 4.74 Å². The summed E-state index contributed by atoms with van der Waals surface area (Å²) in [5.41, 5.74) is 1.18. The van der Waals surface area contributed by atoms with Gasteiger partial charge < -0.3 is 14.6 Å². The molecule has 1 aromatic carbocycles. The summed E-state index contributed by atoms with van der Waals surface area (Å²) >= 11 is 0. The van der Waals surface area contributed by atoms with E-state index in [0.29, 0.717) is 5.75 Å². The molecule has 3 nitrogen and oxygen atoms in total. The van der Waals surface area contributed by atoms with Crippen molar-refractivity contribution in [2.24, 2.45) is 0 Å². The molecule has 7 heteroatoms. The molecule has 0 saturated carbocycles. The van der Waals surface area contributed by atoms with Gasteiger partial charge in [-0.3, -0.25) is 0 Å². The Morgan fingerprint density at radius 1 is 1.04 bits per heavy atom. The molecule has 0 heterocycles. The summed E-state index contributed by atoms with van der Waals surface area (Å²) in [5.74, 6) is 0.456. The van der Waals surface area contributed by atoms with E-state index in [2.05, 4.69) is 25.5 Å². The molecule has 1 unspecified atom stereocenters. The summed E-state index contributed by atoms with van der Waals surface area (Å²) in [6.07, 6.45) is -5.39. The Hall–Kier alpha value is -1.34. The third-order valence-corrected chi connectivity index (χ3v) is 4.21. The number of hydrogen-bond donors (Lipinski definition) is 1. The lowest BCUT2D eigenvalue weighted by molar-refractivity contribution is -0.307. The summed E-state index contributed by atoms with van der Waals surface area (Å²) < 4.78 is 58.2. The average Bonchev–Trinajstić information content (AvgIpc) is 2.58. The van der Waals surface area contributed by atoms with Crippen molar-refractivity contribution in [2.45, 2.75) is 70.5 Å². The van der Waals surface area contributed by atoms with Crippen molar-refractivity contribution in [3.63, 3.8) is 0 Å². The molecule has 26 heavy (non-hydrogen) atoms. The van der Waals surface area contributed by atoms with Crippen molar-refractivity contribution >= 4 is 0 Å². The van der Waals surface area contributed by atoms with Crippen molar-refractivity contribution in [1.82, 2.24) is 0 Å². The summed E-state index contributed by atoms with van der Waals surface area (Å²) in [6.45, 7) is 5.22. The molecule has 0 bridgehead atoms. The van der Waals surface area contributed by atoms with Crippen LogP contribution in [-0.2, 0) is 10.2 Å². The molecule has 0 aliphatic rings. The number of unbranched alkanes of at least 4 members (excludes halogenated alkanes) is 2. The van der Waals surface area contributed by atoms with Gasteiger partial charge in [-0.2, -0.15) is 8.78 Å². The first-order chi connectivity index (χ1) is 12.1. The molecule has 1 aromatic rings. The number of ether oxygens (including phenoxy) is 2. The predicted molar refractivity (Wildman–Crippen MR) is 92.0 cm³/mol. The van der Waals surface area contributed by atoms with Crippen LogP contribution in [0.2, 0.25) is 0 Å². The van der Waals surface area contributed by atoms with Gasteiger partial charge in [-0.1, -0.05) is 52.2 Å². The highest BCUT2D eigenvalue weighted by Gasteiger charge is 2.42. The van der Waals surface area contributed by atoms with Crippen molar-refractivity contribution in [1.29, 1.82) is 0 Å². The third-order valence-electron chi connectivity index (χ3n) is 4.21. The van der Waals surface area contributed by atoms with E-state index in [1.54, 1.807) is 12.1 Å². The molecule has 0 fully saturated rings.